The molecule has 1 N–H and O–H groups in total. The quantitative estimate of drug-likeness (QED) is 0.339. The van der Waals surface area contributed by atoms with Crippen molar-refractivity contribution in [3.63, 3.8) is 0 Å². The topological polar surface area (TPSA) is 125 Å². The molecule has 3 heterocycles. The van der Waals surface area contributed by atoms with E-state index in [2.05, 4.69) is 0 Å². The summed E-state index contributed by atoms with van der Waals surface area (Å²) >= 11 is 0. The van der Waals surface area contributed by atoms with Crippen LogP contribution in [0, 0.1) is 0 Å². The molecule has 0 aliphatic carbocycles. The van der Waals surface area contributed by atoms with E-state index in [-0.39, 0.29) is 29.2 Å². The molecule has 11 heteroatoms. The highest BCUT2D eigenvalue weighted by Gasteiger charge is 2.66. The SMILES string of the molecule is COCCN1C(=O)C(=O)/C(=C(\O)c2ccc(S(=O)(=O)N3CCCCC3)cc2)C12C(=O)N(C)c1ccccc12. The molecular formula is C27H29N3O7S. The van der Waals surface area contributed by atoms with E-state index in [0.29, 0.717) is 24.3 Å². The predicted octanol–water partition coefficient (Wildman–Crippen LogP) is 2.06. The van der Waals surface area contributed by atoms with Gasteiger partial charge in [0.25, 0.3) is 17.6 Å². The van der Waals surface area contributed by atoms with Gasteiger partial charge in [-0.3, -0.25) is 14.4 Å². The molecule has 200 valence electrons. The smallest absolute Gasteiger partial charge is 0.296 e. The lowest BCUT2D eigenvalue weighted by Crippen LogP contribution is -2.52. The van der Waals surface area contributed by atoms with Crippen molar-refractivity contribution in [3.8, 4) is 0 Å². The van der Waals surface area contributed by atoms with Crippen LogP contribution in [0.5, 0.6) is 0 Å². The molecule has 2 amide bonds. The minimum Gasteiger partial charge on any atom is -0.507 e. The van der Waals surface area contributed by atoms with Gasteiger partial charge in [0.2, 0.25) is 10.0 Å². The van der Waals surface area contributed by atoms with Gasteiger partial charge < -0.3 is 19.6 Å². The third-order valence-corrected chi connectivity index (χ3v) is 9.45. The molecule has 3 aliphatic rings. The molecule has 2 aromatic rings. The largest absolute Gasteiger partial charge is 0.507 e. The lowest BCUT2D eigenvalue weighted by molar-refractivity contribution is -0.144. The molecule has 0 radical (unpaired) electrons. The zero-order valence-corrected chi connectivity index (χ0v) is 22.0. The van der Waals surface area contributed by atoms with Crippen LogP contribution in [-0.2, 0) is 34.7 Å². The van der Waals surface area contributed by atoms with E-state index in [1.54, 1.807) is 31.3 Å². The fraction of sp³-hybridized carbons (Fsp3) is 0.370. The second-order valence-corrected chi connectivity index (χ2v) is 11.5. The monoisotopic (exact) mass is 539 g/mol. The number of carbonyl (C=O) groups excluding carboxylic acids is 3. The molecule has 10 nitrogen and oxygen atoms in total. The Kier molecular flexibility index (Phi) is 6.62. The van der Waals surface area contributed by atoms with Gasteiger partial charge in [0.1, 0.15) is 5.76 Å². The molecule has 0 bridgehead atoms. The highest BCUT2D eigenvalue weighted by Crippen LogP contribution is 2.53. The van der Waals surface area contributed by atoms with Crippen molar-refractivity contribution in [1.29, 1.82) is 0 Å². The van der Waals surface area contributed by atoms with E-state index in [9.17, 15) is 27.9 Å². The molecule has 3 aliphatic heterocycles. The number of anilines is 1. The maximum atomic E-state index is 13.9. The van der Waals surface area contributed by atoms with Crippen molar-refractivity contribution in [3.05, 3.63) is 65.2 Å². The fourth-order valence-electron chi connectivity index (χ4n) is 5.64. The molecule has 38 heavy (non-hydrogen) atoms. The summed E-state index contributed by atoms with van der Waals surface area (Å²) in [4.78, 5) is 43.1. The number of aliphatic hydroxyl groups excluding tert-OH is 1. The number of methoxy groups -OCH3 is 1. The van der Waals surface area contributed by atoms with Crippen molar-refractivity contribution in [2.45, 2.75) is 29.7 Å². The molecule has 5 rings (SSSR count). The molecule has 0 aromatic heterocycles. The number of aliphatic hydroxyl groups is 1. The van der Waals surface area contributed by atoms with Crippen molar-refractivity contribution in [2.24, 2.45) is 0 Å². The number of benzene rings is 2. The number of piperidine rings is 1. The van der Waals surface area contributed by atoms with Crippen LogP contribution in [0.15, 0.2) is 59.0 Å². The van der Waals surface area contributed by atoms with Gasteiger partial charge in [-0.2, -0.15) is 4.31 Å². The van der Waals surface area contributed by atoms with Crippen molar-refractivity contribution >= 4 is 39.1 Å². The minimum atomic E-state index is -3.71. The number of amides is 2. The predicted molar refractivity (Wildman–Crippen MR) is 139 cm³/mol. The normalized spacial score (nSPS) is 23.5. The Balaban J connectivity index is 1.65. The number of rotatable bonds is 6. The number of fused-ring (bicyclic) bond motifs is 2. The number of sulfonamides is 1. The van der Waals surface area contributed by atoms with Crippen LogP contribution in [0.2, 0.25) is 0 Å². The first-order chi connectivity index (χ1) is 18.2. The molecule has 1 unspecified atom stereocenters. The zero-order chi connectivity index (χ0) is 27.2. The van der Waals surface area contributed by atoms with Gasteiger partial charge in [0, 0.05) is 50.6 Å². The second kappa shape index (κ2) is 9.64. The summed E-state index contributed by atoms with van der Waals surface area (Å²) in [6, 6.07) is 12.3. The van der Waals surface area contributed by atoms with E-state index >= 15 is 0 Å². The van der Waals surface area contributed by atoms with Gasteiger partial charge in [-0.05, 0) is 43.2 Å². The Morgan fingerprint density at radius 2 is 1.66 bits per heavy atom. The number of para-hydroxylation sites is 1. The van der Waals surface area contributed by atoms with Gasteiger partial charge in [0.05, 0.1) is 17.1 Å². The van der Waals surface area contributed by atoms with Gasteiger partial charge >= 0.3 is 0 Å². The highest BCUT2D eigenvalue weighted by atomic mass is 32.2. The summed E-state index contributed by atoms with van der Waals surface area (Å²) in [5, 5.41) is 11.5. The van der Waals surface area contributed by atoms with Crippen LogP contribution in [0.1, 0.15) is 30.4 Å². The Labute approximate surface area is 221 Å². The molecule has 2 fully saturated rings. The van der Waals surface area contributed by atoms with Crippen LogP contribution in [-0.4, -0.2) is 80.7 Å². The molecule has 1 atom stereocenters. The number of carbonyl (C=O) groups is 3. The number of Topliss-reactive ketones (excluding diaryl/α,β-unsaturated/α-hetero) is 1. The first-order valence-corrected chi connectivity index (χ1v) is 13.9. The number of likely N-dealkylation sites (N-methyl/N-ethyl adjacent to an activating group) is 1. The molecule has 2 aromatic carbocycles. The van der Waals surface area contributed by atoms with Crippen LogP contribution in [0.4, 0.5) is 5.69 Å². The van der Waals surface area contributed by atoms with E-state index in [0.717, 1.165) is 24.2 Å². The lowest BCUT2D eigenvalue weighted by atomic mass is 9.82. The first-order valence-electron chi connectivity index (χ1n) is 12.4. The lowest BCUT2D eigenvalue weighted by Gasteiger charge is -2.34. The minimum absolute atomic E-state index is 0.0568. The van der Waals surface area contributed by atoms with Crippen molar-refractivity contribution < 1.29 is 32.6 Å². The number of ether oxygens (including phenoxy) is 1. The number of likely N-dealkylation sites (tertiary alicyclic amines) is 1. The van der Waals surface area contributed by atoms with Crippen molar-refractivity contribution in [1.82, 2.24) is 9.21 Å². The van der Waals surface area contributed by atoms with Gasteiger partial charge in [-0.1, -0.05) is 24.6 Å². The highest BCUT2D eigenvalue weighted by molar-refractivity contribution is 7.89. The van der Waals surface area contributed by atoms with E-state index in [4.69, 9.17) is 4.74 Å². The molecular weight excluding hydrogens is 510 g/mol. The van der Waals surface area contributed by atoms with Gasteiger partial charge in [-0.15, -0.1) is 0 Å². The number of ketones is 1. The summed E-state index contributed by atoms with van der Waals surface area (Å²) in [5.41, 5.74) is -1.20. The number of hydrogen-bond donors (Lipinski definition) is 1. The van der Waals surface area contributed by atoms with E-state index in [1.165, 1.54) is 40.6 Å². The summed E-state index contributed by atoms with van der Waals surface area (Å²) in [6.45, 7) is 0.908. The third-order valence-electron chi connectivity index (χ3n) is 7.54. The van der Waals surface area contributed by atoms with Crippen LogP contribution >= 0.6 is 0 Å². The average Bonchev–Trinajstić information content (AvgIpc) is 3.30. The van der Waals surface area contributed by atoms with Crippen LogP contribution in [0.3, 0.4) is 0 Å². The molecule has 2 saturated heterocycles. The second-order valence-electron chi connectivity index (χ2n) is 9.58. The zero-order valence-electron chi connectivity index (χ0n) is 21.2. The van der Waals surface area contributed by atoms with Gasteiger partial charge in [-0.25, -0.2) is 8.42 Å². The molecule has 1 spiro atoms. The van der Waals surface area contributed by atoms with Crippen LogP contribution < -0.4 is 4.90 Å². The fourth-order valence-corrected chi connectivity index (χ4v) is 7.15. The number of nitrogens with zero attached hydrogens (tertiary/aromatic N) is 3. The summed E-state index contributed by atoms with van der Waals surface area (Å²) in [7, 11) is -0.717. The van der Waals surface area contributed by atoms with E-state index in [1.807, 2.05) is 0 Å². The first kappa shape index (κ1) is 26.1. The maximum Gasteiger partial charge on any atom is 0.296 e. The average molecular weight is 540 g/mol. The summed E-state index contributed by atoms with van der Waals surface area (Å²) in [6.07, 6.45) is 2.58. The maximum absolute atomic E-state index is 13.9. The number of hydrogen-bond acceptors (Lipinski definition) is 7. The van der Waals surface area contributed by atoms with E-state index < -0.39 is 38.9 Å². The summed E-state index contributed by atoms with van der Waals surface area (Å²) in [5.74, 6) is -3.03. The van der Waals surface area contributed by atoms with Crippen molar-refractivity contribution in [2.75, 3.05) is 45.3 Å². The van der Waals surface area contributed by atoms with Crippen LogP contribution in [0.25, 0.3) is 5.76 Å². The Morgan fingerprint density at radius 1 is 1.00 bits per heavy atom. The standard InChI is InChI=1S/C27H29N3O7S/c1-28-21-9-5-4-8-20(21)27(26(28)34)22(24(32)25(33)30(27)16-17-37-2)23(31)18-10-12-19(13-11-18)38(35,36)29-14-6-3-7-15-29/h4-5,8-13,31H,3,6-7,14-17H2,1-2H3/b23-22+. The third kappa shape index (κ3) is 3.68. The Hall–Kier alpha value is -3.54. The summed E-state index contributed by atoms with van der Waals surface area (Å²) < 4.78 is 32.7. The van der Waals surface area contributed by atoms with Gasteiger partial charge in [0.15, 0.2) is 5.54 Å². The molecule has 0 saturated carbocycles. The Bertz CT molecular complexity index is 1450. The Morgan fingerprint density at radius 3 is 2.32 bits per heavy atom.